The Bertz CT molecular complexity index is 647. The number of aromatic nitrogens is 3. The van der Waals surface area contributed by atoms with E-state index in [1.807, 2.05) is 27.7 Å². The van der Waals surface area contributed by atoms with Gasteiger partial charge in [0.15, 0.2) is 0 Å². The first-order chi connectivity index (χ1) is 8.34. The average molecular weight is 247 g/mol. The molecule has 1 N–H and O–H groups in total. The first-order valence-corrected chi connectivity index (χ1v) is 6.46. The van der Waals surface area contributed by atoms with E-state index in [4.69, 9.17) is 0 Å². The molecule has 0 amide bonds. The van der Waals surface area contributed by atoms with Crippen molar-refractivity contribution in [3.8, 4) is 0 Å². The van der Waals surface area contributed by atoms with Crippen molar-refractivity contribution in [3.63, 3.8) is 0 Å². The second-order valence-corrected chi connectivity index (χ2v) is 5.52. The van der Waals surface area contributed by atoms with E-state index in [2.05, 4.69) is 23.8 Å². The Hall–Kier alpha value is -1.58. The highest BCUT2D eigenvalue weighted by atomic mass is 16.1. The summed E-state index contributed by atoms with van der Waals surface area (Å²) in [7, 11) is 0. The van der Waals surface area contributed by atoms with Gasteiger partial charge in [-0.3, -0.25) is 4.79 Å². The van der Waals surface area contributed by atoms with Gasteiger partial charge in [-0.2, -0.15) is 0 Å². The second-order valence-electron chi connectivity index (χ2n) is 5.52. The molecule has 0 saturated carbocycles. The zero-order valence-electron chi connectivity index (χ0n) is 12.0. The molecule has 0 aliphatic rings. The fraction of sp³-hybridized carbons (Fsp3) is 0.571. The lowest BCUT2D eigenvalue weighted by Gasteiger charge is -2.14. The summed E-state index contributed by atoms with van der Waals surface area (Å²) in [4.78, 5) is 20.5. The lowest BCUT2D eigenvalue weighted by molar-refractivity contribution is 0.733. The molecule has 2 aromatic heterocycles. The van der Waals surface area contributed by atoms with E-state index in [9.17, 15) is 4.79 Å². The third kappa shape index (κ3) is 1.76. The molecule has 0 aliphatic heterocycles. The zero-order valence-corrected chi connectivity index (χ0v) is 12.0. The van der Waals surface area contributed by atoms with Crippen LogP contribution in [0.1, 0.15) is 62.2 Å². The fourth-order valence-electron chi connectivity index (χ4n) is 2.35. The van der Waals surface area contributed by atoms with Crippen molar-refractivity contribution < 1.29 is 0 Å². The lowest BCUT2D eigenvalue weighted by Crippen LogP contribution is -2.24. The first-order valence-electron chi connectivity index (χ1n) is 6.46. The van der Waals surface area contributed by atoms with Gasteiger partial charge in [0.1, 0.15) is 0 Å². The van der Waals surface area contributed by atoms with E-state index in [0.29, 0.717) is 5.78 Å². The maximum absolute atomic E-state index is 12.6. The molecule has 18 heavy (non-hydrogen) atoms. The number of imidazole rings is 1. The summed E-state index contributed by atoms with van der Waals surface area (Å²) in [6.45, 7) is 12.2. The highest BCUT2D eigenvalue weighted by Crippen LogP contribution is 2.22. The molecule has 0 unspecified atom stereocenters. The van der Waals surface area contributed by atoms with Crippen molar-refractivity contribution >= 4 is 5.78 Å². The Morgan fingerprint density at radius 2 is 1.72 bits per heavy atom. The molecular weight excluding hydrogens is 226 g/mol. The van der Waals surface area contributed by atoms with E-state index in [0.717, 1.165) is 22.6 Å². The molecule has 0 aromatic carbocycles. The average Bonchev–Trinajstić information content (AvgIpc) is 2.54. The minimum atomic E-state index is 0.0700. The van der Waals surface area contributed by atoms with E-state index < -0.39 is 0 Å². The Labute approximate surface area is 107 Å². The standard InChI is InChI=1S/C14H21N3O/c1-7(2)11-12(8(3)4)16-14-15-9(5)10(6)17(14)13(11)18/h7-8H,1-6H3,(H,15,16). The smallest absolute Gasteiger partial charge is 0.263 e. The molecule has 4 nitrogen and oxygen atoms in total. The van der Waals surface area contributed by atoms with Crippen LogP contribution in [0.3, 0.4) is 0 Å². The van der Waals surface area contributed by atoms with Crippen molar-refractivity contribution in [1.82, 2.24) is 14.4 Å². The van der Waals surface area contributed by atoms with Crippen molar-refractivity contribution in [1.29, 1.82) is 0 Å². The van der Waals surface area contributed by atoms with Crippen LogP contribution < -0.4 is 5.56 Å². The molecule has 0 atom stereocenters. The number of nitrogens with zero attached hydrogens (tertiary/aromatic N) is 2. The summed E-state index contributed by atoms with van der Waals surface area (Å²) in [6.07, 6.45) is 0. The first kappa shape index (κ1) is 12.9. The summed E-state index contributed by atoms with van der Waals surface area (Å²) >= 11 is 0. The third-order valence-electron chi connectivity index (χ3n) is 3.45. The molecule has 2 rings (SSSR count). The molecule has 0 saturated heterocycles. The molecule has 0 aliphatic carbocycles. The van der Waals surface area contributed by atoms with Crippen LogP contribution in [0, 0.1) is 13.8 Å². The van der Waals surface area contributed by atoms with Crippen molar-refractivity contribution in [3.05, 3.63) is 33.0 Å². The summed E-state index contributed by atoms with van der Waals surface area (Å²) in [5, 5.41) is 0. The van der Waals surface area contributed by atoms with Crippen LogP contribution in [0.15, 0.2) is 4.79 Å². The van der Waals surface area contributed by atoms with Crippen LogP contribution in [0.25, 0.3) is 5.78 Å². The van der Waals surface area contributed by atoms with Gasteiger partial charge >= 0.3 is 0 Å². The molecule has 0 spiro atoms. The molecule has 2 aromatic rings. The number of aryl methyl sites for hydroxylation is 2. The van der Waals surface area contributed by atoms with Crippen LogP contribution in [-0.2, 0) is 0 Å². The summed E-state index contributed by atoms with van der Waals surface area (Å²) in [6, 6.07) is 0. The number of hydrogen-bond donors (Lipinski definition) is 1. The van der Waals surface area contributed by atoms with Gasteiger partial charge in [-0.05, 0) is 25.7 Å². The number of H-pyrrole nitrogens is 1. The van der Waals surface area contributed by atoms with Gasteiger partial charge < -0.3 is 4.98 Å². The van der Waals surface area contributed by atoms with Gasteiger partial charge in [0, 0.05) is 17.0 Å². The van der Waals surface area contributed by atoms with Crippen molar-refractivity contribution in [2.45, 2.75) is 53.4 Å². The van der Waals surface area contributed by atoms with Crippen LogP contribution in [-0.4, -0.2) is 14.4 Å². The molecular formula is C14H21N3O. The number of aromatic amines is 1. The summed E-state index contributed by atoms with van der Waals surface area (Å²) in [5.41, 5.74) is 3.76. The molecule has 0 fully saturated rings. The van der Waals surface area contributed by atoms with Gasteiger partial charge in [0.05, 0.1) is 5.69 Å². The molecule has 0 bridgehead atoms. The predicted molar refractivity (Wildman–Crippen MR) is 73.5 cm³/mol. The Balaban J connectivity index is 2.95. The largest absolute Gasteiger partial charge is 0.327 e. The number of nitrogens with one attached hydrogen (secondary N) is 1. The minimum Gasteiger partial charge on any atom is -0.327 e. The third-order valence-corrected chi connectivity index (χ3v) is 3.45. The van der Waals surface area contributed by atoms with Crippen molar-refractivity contribution in [2.24, 2.45) is 0 Å². The van der Waals surface area contributed by atoms with Crippen LogP contribution in [0.2, 0.25) is 0 Å². The van der Waals surface area contributed by atoms with Gasteiger partial charge in [0.25, 0.3) is 5.56 Å². The second kappa shape index (κ2) is 4.26. The fourth-order valence-corrected chi connectivity index (χ4v) is 2.35. The molecule has 4 heteroatoms. The highest BCUT2D eigenvalue weighted by Gasteiger charge is 2.20. The monoisotopic (exact) mass is 247 g/mol. The number of hydrogen-bond acceptors (Lipinski definition) is 2. The summed E-state index contributed by atoms with van der Waals surface area (Å²) in [5.74, 6) is 1.10. The zero-order chi connectivity index (χ0) is 13.6. The Morgan fingerprint density at radius 3 is 2.22 bits per heavy atom. The Kier molecular flexibility index (Phi) is 3.05. The van der Waals surface area contributed by atoms with Crippen LogP contribution in [0.5, 0.6) is 0 Å². The van der Waals surface area contributed by atoms with E-state index in [-0.39, 0.29) is 17.4 Å². The quantitative estimate of drug-likeness (QED) is 0.887. The highest BCUT2D eigenvalue weighted by molar-refractivity contribution is 5.40. The van der Waals surface area contributed by atoms with E-state index in [1.54, 1.807) is 4.40 Å². The maximum Gasteiger partial charge on any atom is 0.263 e. The topological polar surface area (TPSA) is 50.2 Å². The van der Waals surface area contributed by atoms with Crippen molar-refractivity contribution in [2.75, 3.05) is 0 Å². The SMILES string of the molecule is Cc1[nH]c2nc(C(C)C)c(C(C)C)c(=O)n2c1C. The summed E-state index contributed by atoms with van der Waals surface area (Å²) < 4.78 is 1.69. The normalized spacial score (nSPS) is 12.0. The van der Waals surface area contributed by atoms with Gasteiger partial charge in [-0.1, -0.05) is 27.7 Å². The van der Waals surface area contributed by atoms with E-state index >= 15 is 0 Å². The molecule has 2 heterocycles. The predicted octanol–water partition coefficient (Wildman–Crippen LogP) is 2.89. The molecule has 98 valence electrons. The molecule has 0 radical (unpaired) electrons. The maximum atomic E-state index is 12.6. The van der Waals surface area contributed by atoms with Crippen LogP contribution in [0.4, 0.5) is 0 Å². The van der Waals surface area contributed by atoms with Gasteiger partial charge in [-0.15, -0.1) is 0 Å². The minimum absolute atomic E-state index is 0.0700. The van der Waals surface area contributed by atoms with Gasteiger partial charge in [0.2, 0.25) is 5.78 Å². The lowest BCUT2D eigenvalue weighted by atomic mass is 9.96. The van der Waals surface area contributed by atoms with Gasteiger partial charge in [-0.25, -0.2) is 9.38 Å². The van der Waals surface area contributed by atoms with E-state index in [1.165, 1.54) is 0 Å². The number of fused-ring (bicyclic) bond motifs is 1. The number of rotatable bonds is 2. The Morgan fingerprint density at radius 1 is 1.11 bits per heavy atom. The van der Waals surface area contributed by atoms with Crippen LogP contribution >= 0.6 is 0 Å².